The second-order valence-corrected chi connectivity index (χ2v) is 8.08. The molecule has 2 heterocycles. The summed E-state index contributed by atoms with van der Waals surface area (Å²) in [7, 11) is 0. The van der Waals surface area contributed by atoms with Crippen LogP contribution in [0.5, 0.6) is 0 Å². The van der Waals surface area contributed by atoms with Crippen molar-refractivity contribution >= 4 is 11.9 Å². The Labute approximate surface area is 184 Å². The van der Waals surface area contributed by atoms with Crippen molar-refractivity contribution in [2.45, 2.75) is 50.9 Å². The standard InChI is InChI=1S/C22H25F3N6O/c23-22(24,25)17-8-6-16(7-9-17)15-31(18-4-2-1-3-5-18)21-28-19(14-26)27-20(29-21)30-10-12-32-13-11-30/h6-9,18H,1-5,10-13,15H2. The first-order chi connectivity index (χ1) is 15.4. The molecule has 4 rings (SSSR count). The van der Waals surface area contributed by atoms with Gasteiger partial charge in [0.1, 0.15) is 6.07 Å². The van der Waals surface area contributed by atoms with Gasteiger partial charge < -0.3 is 14.5 Å². The Kier molecular flexibility index (Phi) is 6.74. The normalized spacial score (nSPS) is 17.8. The highest BCUT2D eigenvalue weighted by atomic mass is 19.4. The van der Waals surface area contributed by atoms with E-state index in [-0.39, 0.29) is 11.9 Å². The van der Waals surface area contributed by atoms with Gasteiger partial charge >= 0.3 is 6.18 Å². The number of hydrogen-bond acceptors (Lipinski definition) is 7. The van der Waals surface area contributed by atoms with Crippen LogP contribution in [0.1, 0.15) is 49.1 Å². The van der Waals surface area contributed by atoms with Crippen LogP contribution in [0, 0.1) is 11.3 Å². The Morgan fingerprint density at radius 3 is 2.34 bits per heavy atom. The van der Waals surface area contributed by atoms with Crippen molar-refractivity contribution in [2.75, 3.05) is 36.1 Å². The third-order valence-corrected chi connectivity index (χ3v) is 5.91. The minimum absolute atomic E-state index is 0.0321. The van der Waals surface area contributed by atoms with Crippen LogP contribution in [0.3, 0.4) is 0 Å². The SMILES string of the molecule is N#Cc1nc(N2CCOCC2)nc(N(Cc2ccc(C(F)(F)F)cc2)C2CCCCC2)n1. The monoisotopic (exact) mass is 446 g/mol. The molecule has 170 valence electrons. The summed E-state index contributed by atoms with van der Waals surface area (Å²) in [5.41, 5.74) is 0.0578. The molecule has 2 aromatic rings. The fourth-order valence-electron chi connectivity index (χ4n) is 4.19. The van der Waals surface area contributed by atoms with E-state index in [0.29, 0.717) is 44.7 Å². The Balaban J connectivity index is 1.66. The van der Waals surface area contributed by atoms with Gasteiger partial charge in [-0.05, 0) is 30.5 Å². The first-order valence-electron chi connectivity index (χ1n) is 10.9. The number of rotatable bonds is 5. The maximum atomic E-state index is 13.0. The van der Waals surface area contributed by atoms with Gasteiger partial charge in [0.2, 0.25) is 17.7 Å². The minimum atomic E-state index is -4.37. The van der Waals surface area contributed by atoms with Crippen LogP contribution >= 0.6 is 0 Å². The Hall–Kier alpha value is -2.93. The molecule has 7 nitrogen and oxygen atoms in total. The van der Waals surface area contributed by atoms with E-state index in [1.165, 1.54) is 12.1 Å². The quantitative estimate of drug-likeness (QED) is 0.688. The number of alkyl halides is 3. The molecule has 2 aliphatic rings. The lowest BCUT2D eigenvalue weighted by Crippen LogP contribution is -2.40. The van der Waals surface area contributed by atoms with Crippen molar-refractivity contribution in [3.05, 3.63) is 41.2 Å². The number of morpholine rings is 1. The molecular formula is C22H25F3N6O. The Morgan fingerprint density at radius 2 is 1.72 bits per heavy atom. The molecule has 1 aliphatic heterocycles. The van der Waals surface area contributed by atoms with Gasteiger partial charge in [-0.25, -0.2) is 0 Å². The van der Waals surface area contributed by atoms with Gasteiger partial charge in [-0.3, -0.25) is 0 Å². The smallest absolute Gasteiger partial charge is 0.378 e. The highest BCUT2D eigenvalue weighted by Crippen LogP contribution is 2.31. The Bertz CT molecular complexity index is 948. The van der Waals surface area contributed by atoms with E-state index in [2.05, 4.69) is 15.0 Å². The average Bonchev–Trinajstić information content (AvgIpc) is 2.83. The number of halogens is 3. The van der Waals surface area contributed by atoms with E-state index in [4.69, 9.17) is 4.74 Å². The maximum Gasteiger partial charge on any atom is 0.416 e. The van der Waals surface area contributed by atoms with Crippen molar-refractivity contribution in [1.82, 2.24) is 15.0 Å². The Morgan fingerprint density at radius 1 is 1.03 bits per heavy atom. The summed E-state index contributed by atoms with van der Waals surface area (Å²) in [5.74, 6) is 0.859. The van der Waals surface area contributed by atoms with E-state index < -0.39 is 11.7 Å². The predicted molar refractivity (Wildman–Crippen MR) is 112 cm³/mol. The summed E-state index contributed by atoms with van der Waals surface area (Å²) in [5, 5.41) is 9.50. The molecule has 0 atom stereocenters. The molecule has 2 fully saturated rings. The number of nitriles is 1. The molecule has 1 aromatic heterocycles. The largest absolute Gasteiger partial charge is 0.416 e. The van der Waals surface area contributed by atoms with Crippen molar-refractivity contribution < 1.29 is 17.9 Å². The molecule has 1 aliphatic carbocycles. The number of hydrogen-bond donors (Lipinski definition) is 0. The molecule has 32 heavy (non-hydrogen) atoms. The lowest BCUT2D eigenvalue weighted by Gasteiger charge is -2.35. The third kappa shape index (κ3) is 5.27. The maximum absolute atomic E-state index is 13.0. The fourth-order valence-corrected chi connectivity index (χ4v) is 4.19. The molecule has 0 N–H and O–H groups in total. The molecule has 0 radical (unpaired) electrons. The lowest BCUT2D eigenvalue weighted by atomic mass is 9.94. The summed E-state index contributed by atoms with van der Waals surface area (Å²) in [6, 6.07) is 7.36. The number of aromatic nitrogens is 3. The van der Waals surface area contributed by atoms with Crippen molar-refractivity contribution in [1.29, 1.82) is 5.26 Å². The zero-order valence-electron chi connectivity index (χ0n) is 17.7. The highest BCUT2D eigenvalue weighted by Gasteiger charge is 2.30. The fraction of sp³-hybridized carbons (Fsp3) is 0.545. The minimum Gasteiger partial charge on any atom is -0.378 e. The van der Waals surface area contributed by atoms with E-state index in [1.807, 2.05) is 15.9 Å². The van der Waals surface area contributed by atoms with Gasteiger partial charge in [0.05, 0.1) is 18.8 Å². The zero-order chi connectivity index (χ0) is 22.6. The van der Waals surface area contributed by atoms with Crippen LogP contribution in [0.15, 0.2) is 24.3 Å². The van der Waals surface area contributed by atoms with Gasteiger partial charge in [-0.2, -0.15) is 33.4 Å². The summed E-state index contributed by atoms with van der Waals surface area (Å²) < 4.78 is 44.3. The van der Waals surface area contributed by atoms with Gasteiger partial charge in [0.15, 0.2) is 0 Å². The van der Waals surface area contributed by atoms with Gasteiger partial charge in [0.25, 0.3) is 0 Å². The van der Waals surface area contributed by atoms with Crippen LogP contribution in [-0.4, -0.2) is 47.3 Å². The number of anilines is 2. The molecule has 0 bridgehead atoms. The van der Waals surface area contributed by atoms with E-state index in [1.54, 1.807) is 0 Å². The lowest BCUT2D eigenvalue weighted by molar-refractivity contribution is -0.137. The summed E-state index contributed by atoms with van der Waals surface area (Å²) in [4.78, 5) is 17.3. The summed E-state index contributed by atoms with van der Waals surface area (Å²) in [6.45, 7) is 2.72. The van der Waals surface area contributed by atoms with Crippen molar-refractivity contribution in [3.63, 3.8) is 0 Å². The molecule has 0 amide bonds. The first-order valence-corrected chi connectivity index (χ1v) is 10.9. The van der Waals surface area contributed by atoms with Gasteiger partial charge in [0, 0.05) is 25.7 Å². The summed E-state index contributed by atoms with van der Waals surface area (Å²) >= 11 is 0. The number of nitrogens with zero attached hydrogens (tertiary/aromatic N) is 6. The molecule has 1 saturated heterocycles. The zero-order valence-corrected chi connectivity index (χ0v) is 17.7. The molecule has 1 saturated carbocycles. The molecule has 0 spiro atoms. The number of ether oxygens (including phenoxy) is 1. The van der Waals surface area contributed by atoms with Crippen LogP contribution in [0.25, 0.3) is 0 Å². The van der Waals surface area contributed by atoms with E-state index in [0.717, 1.165) is 49.8 Å². The van der Waals surface area contributed by atoms with E-state index >= 15 is 0 Å². The second-order valence-electron chi connectivity index (χ2n) is 8.08. The molecule has 10 heteroatoms. The molecule has 0 unspecified atom stereocenters. The summed E-state index contributed by atoms with van der Waals surface area (Å²) in [6.07, 6.45) is 0.818. The van der Waals surface area contributed by atoms with Crippen molar-refractivity contribution in [2.24, 2.45) is 0 Å². The predicted octanol–water partition coefficient (Wildman–Crippen LogP) is 3.94. The first kappa shape index (κ1) is 22.3. The van der Waals surface area contributed by atoms with Gasteiger partial charge in [-0.15, -0.1) is 0 Å². The van der Waals surface area contributed by atoms with Gasteiger partial charge in [-0.1, -0.05) is 31.4 Å². The van der Waals surface area contributed by atoms with Crippen LogP contribution in [0.4, 0.5) is 25.1 Å². The second kappa shape index (κ2) is 9.69. The topological polar surface area (TPSA) is 78.2 Å². The highest BCUT2D eigenvalue weighted by molar-refractivity contribution is 5.43. The molecule has 1 aromatic carbocycles. The van der Waals surface area contributed by atoms with Crippen LogP contribution < -0.4 is 9.80 Å². The van der Waals surface area contributed by atoms with Crippen LogP contribution in [-0.2, 0) is 17.5 Å². The average molecular weight is 446 g/mol. The van der Waals surface area contributed by atoms with E-state index in [9.17, 15) is 18.4 Å². The third-order valence-electron chi connectivity index (χ3n) is 5.91. The van der Waals surface area contributed by atoms with Crippen molar-refractivity contribution in [3.8, 4) is 6.07 Å². The molecular weight excluding hydrogens is 421 g/mol. The number of benzene rings is 1. The van der Waals surface area contributed by atoms with Crippen LogP contribution in [0.2, 0.25) is 0 Å².